The van der Waals surface area contributed by atoms with Crippen LogP contribution in [0.1, 0.15) is 27.6 Å². The first-order valence-electron chi connectivity index (χ1n) is 7.98. The maximum atomic E-state index is 12.9. The van der Waals surface area contributed by atoms with Crippen molar-refractivity contribution < 1.29 is 9.53 Å². The molecule has 0 aromatic heterocycles. The van der Waals surface area contributed by atoms with E-state index in [-0.39, 0.29) is 5.91 Å². The summed E-state index contributed by atoms with van der Waals surface area (Å²) in [6.45, 7) is 1.55. The maximum absolute atomic E-state index is 12.9. The largest absolute Gasteiger partial charge is 0.497 e. The molecule has 0 aliphatic carbocycles. The van der Waals surface area contributed by atoms with Gasteiger partial charge in [-0.05, 0) is 46.1 Å². The van der Waals surface area contributed by atoms with E-state index in [1.165, 1.54) is 5.56 Å². The number of carbonyl (C=O) groups is 1. The fraction of sp³-hybridized carbons (Fsp3) is 0.316. The van der Waals surface area contributed by atoms with Gasteiger partial charge in [-0.3, -0.25) is 4.79 Å². The Kier molecular flexibility index (Phi) is 5.85. The van der Waals surface area contributed by atoms with Crippen molar-refractivity contribution in [2.45, 2.75) is 11.7 Å². The predicted molar refractivity (Wildman–Crippen MR) is 103 cm³/mol. The van der Waals surface area contributed by atoms with Gasteiger partial charge in [-0.2, -0.15) is 11.8 Å². The van der Waals surface area contributed by atoms with Crippen LogP contribution in [0.3, 0.4) is 0 Å². The third-order valence-corrected chi connectivity index (χ3v) is 6.22. The molecule has 2 aromatic rings. The van der Waals surface area contributed by atoms with E-state index in [9.17, 15) is 4.79 Å². The molecule has 1 aliphatic heterocycles. The van der Waals surface area contributed by atoms with E-state index in [2.05, 4.69) is 40.2 Å². The molecular formula is C19H20BrNO2S. The van der Waals surface area contributed by atoms with Gasteiger partial charge in [-0.1, -0.05) is 30.3 Å². The molecule has 0 saturated carbocycles. The molecule has 126 valence electrons. The summed E-state index contributed by atoms with van der Waals surface area (Å²) in [5.74, 6) is 1.72. The number of hydrogen-bond donors (Lipinski definition) is 0. The number of amides is 1. The lowest BCUT2D eigenvalue weighted by Gasteiger charge is -2.21. The van der Waals surface area contributed by atoms with Crippen molar-refractivity contribution in [3.63, 3.8) is 0 Å². The third-order valence-electron chi connectivity index (χ3n) is 4.20. The third kappa shape index (κ3) is 3.95. The van der Waals surface area contributed by atoms with Gasteiger partial charge in [0.1, 0.15) is 5.75 Å². The average molecular weight is 406 g/mol. The SMILES string of the molecule is COc1ccc(Br)c(C(=O)N2CCS[C@H](c3ccccc3)CC2)c1. The molecular weight excluding hydrogens is 386 g/mol. The number of ether oxygens (including phenoxy) is 1. The highest BCUT2D eigenvalue weighted by Gasteiger charge is 2.24. The zero-order chi connectivity index (χ0) is 16.9. The highest BCUT2D eigenvalue weighted by Crippen LogP contribution is 2.35. The van der Waals surface area contributed by atoms with Crippen LogP contribution in [0.25, 0.3) is 0 Å². The van der Waals surface area contributed by atoms with Crippen molar-refractivity contribution in [1.82, 2.24) is 4.90 Å². The molecule has 2 aromatic carbocycles. The summed E-state index contributed by atoms with van der Waals surface area (Å²) >= 11 is 5.42. The van der Waals surface area contributed by atoms with Crippen LogP contribution in [0, 0.1) is 0 Å². The summed E-state index contributed by atoms with van der Waals surface area (Å²) in [4.78, 5) is 14.9. The van der Waals surface area contributed by atoms with Gasteiger partial charge >= 0.3 is 0 Å². The average Bonchev–Trinajstić information content (AvgIpc) is 2.88. The van der Waals surface area contributed by atoms with Crippen LogP contribution in [0.4, 0.5) is 0 Å². The monoisotopic (exact) mass is 405 g/mol. The molecule has 0 spiro atoms. The van der Waals surface area contributed by atoms with E-state index in [1.807, 2.05) is 34.9 Å². The van der Waals surface area contributed by atoms with Crippen LogP contribution in [-0.4, -0.2) is 36.8 Å². The van der Waals surface area contributed by atoms with Crippen molar-refractivity contribution in [1.29, 1.82) is 0 Å². The van der Waals surface area contributed by atoms with Gasteiger partial charge in [0.2, 0.25) is 0 Å². The number of rotatable bonds is 3. The molecule has 24 heavy (non-hydrogen) atoms. The van der Waals surface area contributed by atoms with Gasteiger partial charge in [0.15, 0.2) is 0 Å². The minimum Gasteiger partial charge on any atom is -0.497 e. The van der Waals surface area contributed by atoms with Crippen LogP contribution in [0.2, 0.25) is 0 Å². The Bertz CT molecular complexity index is 708. The molecule has 0 bridgehead atoms. The van der Waals surface area contributed by atoms with Crippen LogP contribution in [0.5, 0.6) is 5.75 Å². The minimum absolute atomic E-state index is 0.0649. The molecule has 1 atom stereocenters. The second-order valence-corrected chi connectivity index (χ2v) is 7.86. The van der Waals surface area contributed by atoms with Crippen LogP contribution >= 0.6 is 27.7 Å². The van der Waals surface area contributed by atoms with E-state index in [0.29, 0.717) is 16.6 Å². The van der Waals surface area contributed by atoms with Crippen molar-refractivity contribution >= 4 is 33.6 Å². The van der Waals surface area contributed by atoms with Crippen molar-refractivity contribution in [2.24, 2.45) is 0 Å². The Morgan fingerprint density at radius 1 is 1.21 bits per heavy atom. The Morgan fingerprint density at radius 2 is 2.00 bits per heavy atom. The predicted octanol–water partition coefficient (Wildman–Crippen LogP) is 4.78. The van der Waals surface area contributed by atoms with Gasteiger partial charge in [0.25, 0.3) is 5.91 Å². The zero-order valence-electron chi connectivity index (χ0n) is 13.6. The zero-order valence-corrected chi connectivity index (χ0v) is 16.0. The molecule has 0 N–H and O–H groups in total. The van der Waals surface area contributed by atoms with Gasteiger partial charge in [0, 0.05) is 28.6 Å². The van der Waals surface area contributed by atoms with Gasteiger partial charge < -0.3 is 9.64 Å². The van der Waals surface area contributed by atoms with E-state index in [1.54, 1.807) is 13.2 Å². The lowest BCUT2D eigenvalue weighted by molar-refractivity contribution is 0.0765. The molecule has 3 rings (SSSR count). The molecule has 5 heteroatoms. The van der Waals surface area contributed by atoms with E-state index >= 15 is 0 Å². The first-order chi connectivity index (χ1) is 11.7. The van der Waals surface area contributed by atoms with Crippen LogP contribution < -0.4 is 4.74 Å². The Hall–Kier alpha value is -1.46. The number of halogens is 1. The first-order valence-corrected chi connectivity index (χ1v) is 9.82. The minimum atomic E-state index is 0.0649. The van der Waals surface area contributed by atoms with Crippen molar-refractivity contribution in [3.05, 3.63) is 64.1 Å². The second-order valence-electron chi connectivity index (χ2n) is 5.70. The van der Waals surface area contributed by atoms with Crippen molar-refractivity contribution in [2.75, 3.05) is 26.0 Å². The molecule has 1 fully saturated rings. The second kappa shape index (κ2) is 8.08. The summed E-state index contributed by atoms with van der Waals surface area (Å²) < 4.78 is 6.06. The lowest BCUT2D eigenvalue weighted by Crippen LogP contribution is -2.33. The molecule has 1 amide bonds. The quantitative estimate of drug-likeness (QED) is 0.735. The van der Waals surface area contributed by atoms with Crippen LogP contribution in [0.15, 0.2) is 53.0 Å². The molecule has 1 heterocycles. The Morgan fingerprint density at radius 3 is 2.75 bits per heavy atom. The summed E-state index contributed by atoms with van der Waals surface area (Å²) in [7, 11) is 1.62. The number of hydrogen-bond acceptors (Lipinski definition) is 3. The number of nitrogens with zero attached hydrogens (tertiary/aromatic N) is 1. The topological polar surface area (TPSA) is 29.5 Å². The smallest absolute Gasteiger partial charge is 0.255 e. The highest BCUT2D eigenvalue weighted by molar-refractivity contribution is 9.10. The van der Waals surface area contributed by atoms with Gasteiger partial charge in [-0.15, -0.1) is 0 Å². The van der Waals surface area contributed by atoms with Gasteiger partial charge in [0.05, 0.1) is 12.7 Å². The summed E-state index contributed by atoms with van der Waals surface area (Å²) in [5.41, 5.74) is 2.01. The number of methoxy groups -OCH3 is 1. The standard InChI is InChI=1S/C19H20BrNO2S/c1-23-15-7-8-17(20)16(13-15)19(22)21-10-9-18(24-12-11-21)14-5-3-2-4-6-14/h2-8,13,18H,9-12H2,1H3/t18-/m0/s1. The van der Waals surface area contributed by atoms with E-state index < -0.39 is 0 Å². The fourth-order valence-electron chi connectivity index (χ4n) is 2.87. The summed E-state index contributed by atoms with van der Waals surface area (Å²) in [6.07, 6.45) is 0.974. The molecule has 3 nitrogen and oxygen atoms in total. The van der Waals surface area contributed by atoms with E-state index in [0.717, 1.165) is 29.7 Å². The Labute approximate surface area is 155 Å². The first kappa shape index (κ1) is 17.4. The van der Waals surface area contributed by atoms with Crippen LogP contribution in [-0.2, 0) is 0 Å². The number of thioether (sulfide) groups is 1. The fourth-order valence-corrected chi connectivity index (χ4v) is 4.52. The summed E-state index contributed by atoms with van der Waals surface area (Å²) in [5, 5.41) is 0.456. The normalized spacial score (nSPS) is 18.1. The number of carbonyl (C=O) groups excluding carboxylic acids is 1. The van der Waals surface area contributed by atoms with Crippen molar-refractivity contribution in [3.8, 4) is 5.75 Å². The van der Waals surface area contributed by atoms with Gasteiger partial charge in [-0.25, -0.2) is 0 Å². The number of benzene rings is 2. The summed E-state index contributed by atoms with van der Waals surface area (Å²) in [6, 6.07) is 16.1. The Balaban J connectivity index is 1.73. The van der Waals surface area contributed by atoms with E-state index in [4.69, 9.17) is 4.74 Å². The lowest BCUT2D eigenvalue weighted by atomic mass is 10.1. The molecule has 1 saturated heterocycles. The highest BCUT2D eigenvalue weighted by atomic mass is 79.9. The molecule has 0 unspecified atom stereocenters. The molecule has 0 radical (unpaired) electrons. The molecule has 1 aliphatic rings. The maximum Gasteiger partial charge on any atom is 0.255 e.